The Morgan fingerprint density at radius 2 is 2.32 bits per heavy atom. The molecule has 19 heavy (non-hydrogen) atoms. The maximum Gasteiger partial charge on any atom is 0.161 e. The Hall–Kier alpha value is -2.02. The van der Waals surface area contributed by atoms with E-state index in [9.17, 15) is 4.79 Å². The van der Waals surface area contributed by atoms with Crippen molar-refractivity contribution >= 4 is 5.78 Å². The molecule has 0 amide bonds. The van der Waals surface area contributed by atoms with Crippen LogP contribution in [0.5, 0.6) is 0 Å². The molecule has 2 heterocycles. The Morgan fingerprint density at radius 1 is 1.47 bits per heavy atom. The van der Waals surface area contributed by atoms with Crippen molar-refractivity contribution in [1.29, 1.82) is 0 Å². The highest BCUT2D eigenvalue weighted by Crippen LogP contribution is 2.02. The van der Waals surface area contributed by atoms with Crippen LogP contribution in [0.4, 0.5) is 0 Å². The molecule has 0 aromatic carbocycles. The van der Waals surface area contributed by atoms with Gasteiger partial charge < -0.3 is 10.3 Å². The zero-order valence-electron chi connectivity index (χ0n) is 11.0. The molecule has 0 saturated heterocycles. The summed E-state index contributed by atoms with van der Waals surface area (Å²) in [6.07, 6.45) is 6.64. The van der Waals surface area contributed by atoms with E-state index in [0.29, 0.717) is 18.7 Å². The van der Waals surface area contributed by atoms with Gasteiger partial charge >= 0.3 is 0 Å². The van der Waals surface area contributed by atoms with Crippen LogP contribution in [-0.4, -0.2) is 30.3 Å². The number of hydrogen-bond acceptors (Lipinski definition) is 5. The van der Waals surface area contributed by atoms with Crippen LogP contribution in [0.15, 0.2) is 18.6 Å². The molecule has 0 spiro atoms. The average molecular weight is 262 g/mol. The molecule has 2 N–H and O–H groups in total. The second-order valence-electron chi connectivity index (χ2n) is 4.36. The van der Waals surface area contributed by atoms with Crippen LogP contribution in [0.1, 0.15) is 24.9 Å². The normalized spacial score (nSPS) is 10.8. The Balaban J connectivity index is 1.95. The van der Waals surface area contributed by atoms with E-state index in [0.717, 1.165) is 18.8 Å². The highest BCUT2D eigenvalue weighted by Gasteiger charge is 2.10. The van der Waals surface area contributed by atoms with Crippen LogP contribution < -0.4 is 5.73 Å². The van der Waals surface area contributed by atoms with Crippen LogP contribution in [0.3, 0.4) is 0 Å². The Kier molecular flexibility index (Phi) is 4.40. The first kappa shape index (κ1) is 13.4. The van der Waals surface area contributed by atoms with Crippen LogP contribution in [0.25, 0.3) is 0 Å². The van der Waals surface area contributed by atoms with E-state index in [1.165, 1.54) is 4.68 Å². The van der Waals surface area contributed by atoms with Gasteiger partial charge in [0.1, 0.15) is 12.4 Å². The summed E-state index contributed by atoms with van der Waals surface area (Å²) in [6.45, 7) is 3.50. The van der Waals surface area contributed by atoms with Gasteiger partial charge in [-0.1, -0.05) is 12.1 Å². The first-order chi connectivity index (χ1) is 9.22. The molecule has 102 valence electrons. The third kappa shape index (κ3) is 3.47. The fraction of sp³-hybridized carbons (Fsp3) is 0.500. The fourth-order valence-electron chi connectivity index (χ4n) is 1.87. The van der Waals surface area contributed by atoms with Crippen molar-refractivity contribution in [2.24, 2.45) is 5.73 Å². The lowest BCUT2D eigenvalue weighted by Gasteiger charge is -2.05. The molecule has 0 aliphatic rings. The van der Waals surface area contributed by atoms with Gasteiger partial charge in [-0.2, -0.15) is 0 Å². The van der Waals surface area contributed by atoms with Crippen molar-refractivity contribution in [2.75, 3.05) is 0 Å². The number of imidazole rings is 1. The first-order valence-electron chi connectivity index (χ1n) is 6.33. The SMILES string of the molecule is CCCn1ccnc1CC(=O)Cn1cc(CN)nn1. The van der Waals surface area contributed by atoms with Crippen molar-refractivity contribution in [3.63, 3.8) is 0 Å². The lowest BCUT2D eigenvalue weighted by atomic mass is 10.2. The predicted molar refractivity (Wildman–Crippen MR) is 69.1 cm³/mol. The number of aromatic nitrogens is 5. The minimum atomic E-state index is 0.0528. The molecule has 2 rings (SSSR count). The van der Waals surface area contributed by atoms with Gasteiger partial charge in [-0.05, 0) is 6.42 Å². The summed E-state index contributed by atoms with van der Waals surface area (Å²) in [4.78, 5) is 16.2. The summed E-state index contributed by atoms with van der Waals surface area (Å²) in [6, 6.07) is 0. The maximum atomic E-state index is 12.0. The molecule has 0 atom stereocenters. The smallest absolute Gasteiger partial charge is 0.161 e. The molecule has 0 bridgehead atoms. The Bertz CT molecular complexity index is 544. The molecule has 2 aromatic heterocycles. The van der Waals surface area contributed by atoms with Crippen LogP contribution in [0.2, 0.25) is 0 Å². The largest absolute Gasteiger partial charge is 0.335 e. The van der Waals surface area contributed by atoms with E-state index < -0.39 is 0 Å². The number of Topliss-reactive ketones (excluding diaryl/α,β-unsaturated/α-hetero) is 1. The number of nitrogens with zero attached hydrogens (tertiary/aromatic N) is 5. The van der Waals surface area contributed by atoms with Gasteiger partial charge in [-0.25, -0.2) is 9.67 Å². The number of carbonyl (C=O) groups excluding carboxylic acids is 1. The molecule has 2 aromatic rings. The van der Waals surface area contributed by atoms with Crippen LogP contribution in [0, 0.1) is 0 Å². The van der Waals surface area contributed by atoms with Crippen molar-refractivity contribution < 1.29 is 4.79 Å². The van der Waals surface area contributed by atoms with Gasteiger partial charge in [0.2, 0.25) is 0 Å². The molecular weight excluding hydrogens is 244 g/mol. The van der Waals surface area contributed by atoms with Crippen molar-refractivity contribution in [3.05, 3.63) is 30.1 Å². The van der Waals surface area contributed by atoms with Crippen LogP contribution in [-0.2, 0) is 30.8 Å². The molecule has 7 nitrogen and oxygen atoms in total. The minimum Gasteiger partial charge on any atom is -0.335 e. The number of ketones is 1. The second kappa shape index (κ2) is 6.24. The molecule has 0 saturated carbocycles. The summed E-state index contributed by atoms with van der Waals surface area (Å²) in [7, 11) is 0. The van der Waals surface area contributed by atoms with E-state index in [2.05, 4.69) is 22.2 Å². The van der Waals surface area contributed by atoms with Crippen LogP contribution >= 0.6 is 0 Å². The zero-order chi connectivity index (χ0) is 13.7. The average Bonchev–Trinajstić information content (AvgIpc) is 3.00. The van der Waals surface area contributed by atoms with Crippen molar-refractivity contribution in [2.45, 2.75) is 39.4 Å². The number of rotatable bonds is 7. The number of aryl methyl sites for hydroxylation is 1. The monoisotopic (exact) mass is 262 g/mol. The van der Waals surface area contributed by atoms with E-state index >= 15 is 0 Å². The predicted octanol–water partition coefficient (Wildman–Crippen LogP) is 0.155. The summed E-state index contributed by atoms with van der Waals surface area (Å²) in [5.74, 6) is 0.850. The van der Waals surface area contributed by atoms with E-state index in [4.69, 9.17) is 5.73 Å². The molecule has 0 aliphatic carbocycles. The zero-order valence-corrected chi connectivity index (χ0v) is 11.0. The Labute approximate surface area is 111 Å². The summed E-state index contributed by atoms with van der Waals surface area (Å²) >= 11 is 0. The second-order valence-corrected chi connectivity index (χ2v) is 4.36. The van der Waals surface area contributed by atoms with Gasteiger partial charge in [0.15, 0.2) is 5.78 Å². The number of hydrogen-bond donors (Lipinski definition) is 1. The molecule has 0 fully saturated rings. The summed E-state index contributed by atoms with van der Waals surface area (Å²) < 4.78 is 3.52. The quantitative estimate of drug-likeness (QED) is 0.767. The first-order valence-corrected chi connectivity index (χ1v) is 6.33. The standard InChI is InChI=1S/C12H18N6O/c1-2-4-17-5-3-14-12(17)6-11(19)9-18-8-10(7-13)15-16-18/h3,5,8H,2,4,6-7,9,13H2,1H3. The third-order valence-corrected chi connectivity index (χ3v) is 2.76. The third-order valence-electron chi connectivity index (χ3n) is 2.76. The van der Waals surface area contributed by atoms with Gasteiger partial charge in [-0.3, -0.25) is 4.79 Å². The lowest BCUT2D eigenvalue weighted by Crippen LogP contribution is -2.16. The van der Waals surface area contributed by atoms with E-state index in [1.54, 1.807) is 12.4 Å². The topological polar surface area (TPSA) is 91.6 Å². The van der Waals surface area contributed by atoms with Gasteiger partial charge in [0, 0.05) is 25.5 Å². The van der Waals surface area contributed by atoms with Gasteiger partial charge in [0.05, 0.1) is 18.3 Å². The molecule has 0 radical (unpaired) electrons. The minimum absolute atomic E-state index is 0.0528. The maximum absolute atomic E-state index is 12.0. The van der Waals surface area contributed by atoms with E-state index in [-0.39, 0.29) is 12.3 Å². The number of carbonyl (C=O) groups is 1. The highest BCUT2D eigenvalue weighted by atomic mass is 16.1. The molecule has 7 heteroatoms. The molecule has 0 unspecified atom stereocenters. The molecular formula is C12H18N6O. The van der Waals surface area contributed by atoms with Gasteiger partial charge in [0.25, 0.3) is 0 Å². The number of nitrogens with two attached hydrogens (primary N) is 1. The lowest BCUT2D eigenvalue weighted by molar-refractivity contribution is -0.119. The summed E-state index contributed by atoms with van der Waals surface area (Å²) in [5.41, 5.74) is 6.12. The fourth-order valence-corrected chi connectivity index (χ4v) is 1.87. The van der Waals surface area contributed by atoms with Crippen molar-refractivity contribution in [3.8, 4) is 0 Å². The van der Waals surface area contributed by atoms with Gasteiger partial charge in [-0.15, -0.1) is 5.10 Å². The Morgan fingerprint density at radius 3 is 3.00 bits per heavy atom. The summed E-state index contributed by atoms with van der Waals surface area (Å²) in [5, 5.41) is 7.70. The molecule has 0 aliphatic heterocycles. The highest BCUT2D eigenvalue weighted by molar-refractivity contribution is 5.79. The van der Waals surface area contributed by atoms with E-state index in [1.807, 2.05) is 10.8 Å². The van der Waals surface area contributed by atoms with Crippen molar-refractivity contribution in [1.82, 2.24) is 24.5 Å².